The van der Waals surface area contributed by atoms with E-state index in [1.165, 1.54) is 17.1 Å². The summed E-state index contributed by atoms with van der Waals surface area (Å²) in [4.78, 5) is 15.6. The van der Waals surface area contributed by atoms with E-state index in [2.05, 4.69) is 10.1 Å². The molecule has 0 aliphatic heterocycles. The van der Waals surface area contributed by atoms with E-state index in [0.717, 1.165) is 12.1 Å². The highest BCUT2D eigenvalue weighted by atomic mass is 19.1. The van der Waals surface area contributed by atoms with Gasteiger partial charge in [-0.25, -0.2) is 13.8 Å². The summed E-state index contributed by atoms with van der Waals surface area (Å²) in [5, 5.41) is 3.84. The van der Waals surface area contributed by atoms with E-state index in [9.17, 15) is 13.6 Å². The monoisotopic (exact) mass is 251 g/mol. The lowest BCUT2D eigenvalue weighted by Crippen LogP contribution is -2.12. The molecule has 1 heterocycles. The van der Waals surface area contributed by atoms with Gasteiger partial charge in [0.1, 0.15) is 29.6 Å². The van der Waals surface area contributed by atoms with Gasteiger partial charge < -0.3 is 0 Å². The minimum atomic E-state index is -0.707. The zero-order chi connectivity index (χ0) is 13.1. The lowest BCUT2D eigenvalue weighted by molar-refractivity contribution is -0.118. The highest BCUT2D eigenvalue weighted by molar-refractivity contribution is 5.82. The van der Waals surface area contributed by atoms with Crippen molar-refractivity contribution in [1.82, 2.24) is 14.8 Å². The highest BCUT2D eigenvalue weighted by Gasteiger charge is 2.12. The number of benzene rings is 1. The zero-order valence-corrected chi connectivity index (χ0v) is 9.73. The molecule has 0 unspecified atom stereocenters. The number of hydrogen-bond acceptors (Lipinski definition) is 3. The Morgan fingerprint density at radius 3 is 2.72 bits per heavy atom. The van der Waals surface area contributed by atoms with Crippen LogP contribution in [0.15, 0.2) is 24.5 Å². The number of rotatable bonds is 4. The lowest BCUT2D eigenvalue weighted by atomic mass is 10.1. The number of hydrogen-bond donors (Lipinski definition) is 0. The Kier molecular flexibility index (Phi) is 3.45. The van der Waals surface area contributed by atoms with Crippen LogP contribution >= 0.6 is 0 Å². The van der Waals surface area contributed by atoms with Gasteiger partial charge in [0.2, 0.25) is 0 Å². The molecule has 2 aromatic rings. The normalized spacial score (nSPS) is 10.6. The van der Waals surface area contributed by atoms with Gasteiger partial charge in [-0.15, -0.1) is 0 Å². The highest BCUT2D eigenvalue weighted by Crippen LogP contribution is 2.11. The molecule has 0 saturated carbocycles. The Balaban J connectivity index is 2.05. The van der Waals surface area contributed by atoms with Crippen LogP contribution in [0.4, 0.5) is 8.78 Å². The molecule has 0 amide bonds. The van der Waals surface area contributed by atoms with Crippen molar-refractivity contribution in [2.45, 2.75) is 12.8 Å². The first kappa shape index (κ1) is 12.3. The van der Waals surface area contributed by atoms with Gasteiger partial charge in [-0.1, -0.05) is 6.07 Å². The quantitative estimate of drug-likeness (QED) is 0.826. The molecule has 4 nitrogen and oxygen atoms in total. The smallest absolute Gasteiger partial charge is 0.144 e. The average molecular weight is 251 g/mol. The number of Topliss-reactive ketones (excluding diaryl/α,β-unsaturated/α-hetero) is 1. The Morgan fingerprint density at radius 2 is 2.11 bits per heavy atom. The topological polar surface area (TPSA) is 47.8 Å². The van der Waals surface area contributed by atoms with Crippen LogP contribution in [0, 0.1) is 11.6 Å². The van der Waals surface area contributed by atoms with E-state index in [1.807, 2.05) is 0 Å². The molecule has 2 rings (SSSR count). The SMILES string of the molecule is Cn1ncnc1CC(=O)Cc1ccc(F)cc1F. The Labute approximate surface area is 102 Å². The number of ketones is 1. The van der Waals surface area contributed by atoms with Crippen molar-refractivity contribution < 1.29 is 13.6 Å². The summed E-state index contributed by atoms with van der Waals surface area (Å²) in [5.41, 5.74) is 0.184. The summed E-state index contributed by atoms with van der Waals surface area (Å²) in [6.45, 7) is 0. The van der Waals surface area contributed by atoms with Crippen LogP contribution in [0.25, 0.3) is 0 Å². The summed E-state index contributed by atoms with van der Waals surface area (Å²) in [5.74, 6) is -1.04. The maximum absolute atomic E-state index is 13.3. The predicted molar refractivity (Wildman–Crippen MR) is 59.8 cm³/mol. The van der Waals surface area contributed by atoms with Crippen molar-refractivity contribution in [2.75, 3.05) is 0 Å². The van der Waals surface area contributed by atoms with Crippen molar-refractivity contribution in [2.24, 2.45) is 7.05 Å². The molecule has 18 heavy (non-hydrogen) atoms. The molecule has 0 fully saturated rings. The van der Waals surface area contributed by atoms with Crippen LogP contribution in [-0.2, 0) is 24.7 Å². The first-order chi connectivity index (χ1) is 8.56. The predicted octanol–water partition coefficient (Wildman–Crippen LogP) is 1.45. The molecule has 0 aliphatic carbocycles. The Hall–Kier alpha value is -2.11. The molecule has 1 aromatic carbocycles. The van der Waals surface area contributed by atoms with Gasteiger partial charge in [0, 0.05) is 19.5 Å². The minimum Gasteiger partial charge on any atom is -0.299 e. The van der Waals surface area contributed by atoms with Crippen molar-refractivity contribution in [3.05, 3.63) is 47.5 Å². The fraction of sp³-hybridized carbons (Fsp3) is 0.250. The van der Waals surface area contributed by atoms with E-state index in [0.29, 0.717) is 5.82 Å². The van der Waals surface area contributed by atoms with Crippen LogP contribution < -0.4 is 0 Å². The van der Waals surface area contributed by atoms with Gasteiger partial charge >= 0.3 is 0 Å². The zero-order valence-electron chi connectivity index (χ0n) is 9.73. The van der Waals surface area contributed by atoms with Gasteiger partial charge in [0.25, 0.3) is 0 Å². The summed E-state index contributed by atoms with van der Waals surface area (Å²) in [6.07, 6.45) is 1.34. The summed E-state index contributed by atoms with van der Waals surface area (Å²) < 4.78 is 27.5. The standard InChI is InChI=1S/C12H11F2N3O/c1-17-12(15-7-16-17)6-10(18)4-8-2-3-9(13)5-11(8)14/h2-3,5,7H,4,6H2,1H3. The maximum atomic E-state index is 13.3. The number of aromatic nitrogens is 3. The Bertz CT molecular complexity index is 580. The molecular weight excluding hydrogens is 240 g/mol. The second-order valence-electron chi connectivity index (χ2n) is 3.93. The first-order valence-corrected chi connectivity index (χ1v) is 5.35. The van der Waals surface area contributed by atoms with Crippen LogP contribution in [0.5, 0.6) is 0 Å². The number of carbonyl (C=O) groups excluding carboxylic acids is 1. The second kappa shape index (κ2) is 5.03. The molecule has 94 valence electrons. The average Bonchev–Trinajstić information content (AvgIpc) is 2.69. The van der Waals surface area contributed by atoms with Gasteiger partial charge in [-0.05, 0) is 11.6 Å². The van der Waals surface area contributed by atoms with Gasteiger partial charge in [0.05, 0.1) is 6.42 Å². The molecule has 1 aromatic heterocycles. The second-order valence-corrected chi connectivity index (χ2v) is 3.93. The minimum absolute atomic E-state index is 0.0767. The van der Waals surface area contributed by atoms with E-state index in [-0.39, 0.29) is 24.2 Å². The number of halogens is 2. The van der Waals surface area contributed by atoms with Crippen molar-refractivity contribution >= 4 is 5.78 Å². The van der Waals surface area contributed by atoms with Crippen molar-refractivity contribution in [1.29, 1.82) is 0 Å². The first-order valence-electron chi connectivity index (χ1n) is 5.35. The molecule has 0 radical (unpaired) electrons. The van der Waals surface area contributed by atoms with E-state index in [1.54, 1.807) is 7.05 Å². The van der Waals surface area contributed by atoms with Crippen LogP contribution in [0.1, 0.15) is 11.4 Å². The molecule has 6 heteroatoms. The van der Waals surface area contributed by atoms with Crippen LogP contribution in [0.3, 0.4) is 0 Å². The summed E-state index contributed by atoms with van der Waals surface area (Å²) in [6, 6.07) is 3.18. The van der Waals surface area contributed by atoms with E-state index >= 15 is 0 Å². The molecule has 0 bridgehead atoms. The lowest BCUT2D eigenvalue weighted by Gasteiger charge is -2.03. The van der Waals surface area contributed by atoms with E-state index < -0.39 is 11.6 Å². The maximum Gasteiger partial charge on any atom is 0.144 e. The fourth-order valence-corrected chi connectivity index (χ4v) is 1.60. The Morgan fingerprint density at radius 1 is 1.33 bits per heavy atom. The van der Waals surface area contributed by atoms with Gasteiger partial charge in [-0.3, -0.25) is 9.48 Å². The number of aryl methyl sites for hydroxylation is 1. The largest absolute Gasteiger partial charge is 0.299 e. The number of carbonyl (C=O) groups is 1. The molecular formula is C12H11F2N3O. The summed E-state index contributed by atoms with van der Waals surface area (Å²) >= 11 is 0. The van der Waals surface area contributed by atoms with Gasteiger partial charge in [0.15, 0.2) is 0 Å². The molecule has 0 spiro atoms. The molecule has 0 aliphatic rings. The fourth-order valence-electron chi connectivity index (χ4n) is 1.60. The van der Waals surface area contributed by atoms with Gasteiger partial charge in [-0.2, -0.15) is 5.10 Å². The third kappa shape index (κ3) is 2.77. The van der Waals surface area contributed by atoms with Crippen LogP contribution in [0.2, 0.25) is 0 Å². The molecule has 0 N–H and O–H groups in total. The number of nitrogens with zero attached hydrogens (tertiary/aromatic N) is 3. The van der Waals surface area contributed by atoms with Crippen LogP contribution in [-0.4, -0.2) is 20.5 Å². The third-order valence-electron chi connectivity index (χ3n) is 2.56. The van der Waals surface area contributed by atoms with Crippen molar-refractivity contribution in [3.8, 4) is 0 Å². The molecule has 0 saturated heterocycles. The summed E-state index contributed by atoms with van der Waals surface area (Å²) in [7, 11) is 1.67. The molecule has 0 atom stereocenters. The third-order valence-corrected chi connectivity index (χ3v) is 2.56. The van der Waals surface area contributed by atoms with E-state index in [4.69, 9.17) is 0 Å². The van der Waals surface area contributed by atoms with Crippen molar-refractivity contribution in [3.63, 3.8) is 0 Å².